The van der Waals surface area contributed by atoms with Crippen LogP contribution in [-0.2, 0) is 6.42 Å². The topological polar surface area (TPSA) is 30.2 Å². The summed E-state index contributed by atoms with van der Waals surface area (Å²) in [5.74, 6) is 0. The summed E-state index contributed by atoms with van der Waals surface area (Å²) in [6, 6.07) is 11.9. The molecule has 0 spiro atoms. The molecule has 4 heteroatoms. The van der Waals surface area contributed by atoms with Gasteiger partial charge in [-0.25, -0.2) is 9.50 Å². The Morgan fingerprint density at radius 3 is 2.50 bits per heavy atom. The van der Waals surface area contributed by atoms with Crippen LogP contribution >= 0.6 is 11.6 Å². The molecule has 0 aliphatic heterocycles. The third-order valence-electron chi connectivity index (χ3n) is 2.95. The van der Waals surface area contributed by atoms with E-state index in [1.165, 1.54) is 0 Å². The second kappa shape index (κ2) is 6.53. The summed E-state index contributed by atoms with van der Waals surface area (Å²) in [6.07, 6.45) is 2.72. The minimum atomic E-state index is 0.582. The predicted molar refractivity (Wildman–Crippen MR) is 84.2 cm³/mol. The molecule has 0 radical (unpaired) electrons. The average Bonchev–Trinajstić information content (AvgIpc) is 2.94. The summed E-state index contributed by atoms with van der Waals surface area (Å²) in [7, 11) is 0. The normalized spacial score (nSPS) is 10.2. The third-order valence-corrected chi connectivity index (χ3v) is 3.22. The van der Waals surface area contributed by atoms with Crippen molar-refractivity contribution < 1.29 is 0 Å². The van der Waals surface area contributed by atoms with E-state index in [4.69, 9.17) is 11.6 Å². The van der Waals surface area contributed by atoms with Crippen LogP contribution in [0, 0.1) is 0 Å². The summed E-state index contributed by atoms with van der Waals surface area (Å²) >= 11 is 6.24. The molecule has 0 bridgehead atoms. The fourth-order valence-corrected chi connectivity index (χ4v) is 2.20. The van der Waals surface area contributed by atoms with Crippen molar-refractivity contribution in [3.05, 3.63) is 53.3 Å². The van der Waals surface area contributed by atoms with Crippen molar-refractivity contribution in [3.63, 3.8) is 0 Å². The second-order valence-electron chi connectivity index (χ2n) is 4.09. The lowest BCUT2D eigenvalue weighted by molar-refractivity contribution is 0.941. The highest BCUT2D eigenvalue weighted by atomic mass is 35.5. The Bertz CT molecular complexity index is 690. The molecule has 2 aromatic heterocycles. The smallest absolute Gasteiger partial charge is 0.160 e. The molecule has 0 aliphatic carbocycles. The van der Waals surface area contributed by atoms with Gasteiger partial charge in [-0.2, -0.15) is 5.10 Å². The number of hydrogen-bond acceptors (Lipinski definition) is 2. The van der Waals surface area contributed by atoms with Gasteiger partial charge in [-0.05, 0) is 6.42 Å². The molecule has 3 rings (SSSR count). The Morgan fingerprint density at radius 1 is 1.15 bits per heavy atom. The zero-order valence-electron chi connectivity index (χ0n) is 12.0. The highest BCUT2D eigenvalue weighted by Crippen LogP contribution is 2.23. The lowest BCUT2D eigenvalue weighted by Gasteiger charge is -2.04. The summed E-state index contributed by atoms with van der Waals surface area (Å²) in [4.78, 5) is 4.65. The molecule has 0 amide bonds. The van der Waals surface area contributed by atoms with Crippen LogP contribution in [0.4, 0.5) is 0 Å². The van der Waals surface area contributed by atoms with Crippen LogP contribution in [-0.4, -0.2) is 14.6 Å². The van der Waals surface area contributed by atoms with Crippen molar-refractivity contribution in [2.24, 2.45) is 0 Å². The molecule has 1 aromatic carbocycles. The number of aromatic nitrogens is 3. The molecular formula is C16H18ClN3. The van der Waals surface area contributed by atoms with Gasteiger partial charge < -0.3 is 0 Å². The molecule has 2 heterocycles. The lowest BCUT2D eigenvalue weighted by Crippen LogP contribution is -1.95. The fraction of sp³-hybridized carbons (Fsp3) is 0.250. The van der Waals surface area contributed by atoms with Gasteiger partial charge in [-0.15, -0.1) is 0 Å². The first-order chi connectivity index (χ1) is 9.79. The Labute approximate surface area is 124 Å². The highest BCUT2D eigenvalue weighted by molar-refractivity contribution is 6.30. The molecule has 0 unspecified atom stereocenters. The standard InChI is InChI=1S/C14H12ClN3.C2H6/c1-2-10-9-16-18-13(15)8-12(17-14(10)18)11-6-4-3-5-7-11;1-2/h3-9H,2H2,1H3;1-2H3. The Balaban J connectivity index is 0.000000704. The number of hydrogen-bond donors (Lipinski definition) is 0. The van der Waals surface area contributed by atoms with E-state index in [0.717, 1.165) is 28.9 Å². The molecule has 0 aliphatic rings. The molecule has 104 valence electrons. The fourth-order valence-electron chi connectivity index (χ4n) is 1.98. The molecule has 3 nitrogen and oxygen atoms in total. The predicted octanol–water partition coefficient (Wildman–Crippen LogP) is 4.64. The largest absolute Gasteiger partial charge is 0.228 e. The van der Waals surface area contributed by atoms with E-state index in [1.54, 1.807) is 4.52 Å². The summed E-state index contributed by atoms with van der Waals surface area (Å²) in [6.45, 7) is 6.09. The van der Waals surface area contributed by atoms with Crippen molar-refractivity contribution >= 4 is 17.2 Å². The van der Waals surface area contributed by atoms with E-state index in [0.29, 0.717) is 5.15 Å². The zero-order valence-corrected chi connectivity index (χ0v) is 12.7. The number of halogens is 1. The van der Waals surface area contributed by atoms with Crippen LogP contribution in [0.25, 0.3) is 16.9 Å². The number of aryl methyl sites for hydroxylation is 1. The summed E-state index contributed by atoms with van der Waals surface area (Å²) in [5.41, 5.74) is 3.88. The Kier molecular flexibility index (Phi) is 4.74. The Morgan fingerprint density at radius 2 is 1.85 bits per heavy atom. The number of benzene rings is 1. The minimum absolute atomic E-state index is 0.582. The van der Waals surface area contributed by atoms with Gasteiger partial charge in [0, 0.05) is 17.2 Å². The van der Waals surface area contributed by atoms with E-state index in [-0.39, 0.29) is 0 Å². The number of rotatable bonds is 2. The maximum atomic E-state index is 6.24. The maximum absolute atomic E-state index is 6.24. The van der Waals surface area contributed by atoms with Gasteiger partial charge in [0.1, 0.15) is 5.15 Å². The molecule has 20 heavy (non-hydrogen) atoms. The second-order valence-corrected chi connectivity index (χ2v) is 4.48. The van der Waals surface area contributed by atoms with Crippen LogP contribution in [0.2, 0.25) is 5.15 Å². The molecule has 3 aromatic rings. The number of nitrogens with zero attached hydrogens (tertiary/aromatic N) is 3. The lowest BCUT2D eigenvalue weighted by atomic mass is 10.1. The van der Waals surface area contributed by atoms with Gasteiger partial charge in [-0.3, -0.25) is 0 Å². The van der Waals surface area contributed by atoms with Crippen molar-refractivity contribution in [2.45, 2.75) is 27.2 Å². The summed E-state index contributed by atoms with van der Waals surface area (Å²) in [5, 5.41) is 4.83. The van der Waals surface area contributed by atoms with Crippen LogP contribution in [0.5, 0.6) is 0 Å². The average molecular weight is 288 g/mol. The van der Waals surface area contributed by atoms with Gasteiger partial charge in [-0.1, -0.05) is 62.7 Å². The van der Waals surface area contributed by atoms with Gasteiger partial charge in [0.2, 0.25) is 0 Å². The Hall–Kier alpha value is -1.87. The van der Waals surface area contributed by atoms with Crippen molar-refractivity contribution in [1.82, 2.24) is 14.6 Å². The van der Waals surface area contributed by atoms with E-state index < -0.39 is 0 Å². The van der Waals surface area contributed by atoms with Crippen LogP contribution in [0.3, 0.4) is 0 Å². The first-order valence-electron chi connectivity index (χ1n) is 6.88. The quantitative estimate of drug-likeness (QED) is 0.643. The molecule has 0 atom stereocenters. The molecule has 0 saturated heterocycles. The van der Waals surface area contributed by atoms with E-state index in [9.17, 15) is 0 Å². The monoisotopic (exact) mass is 287 g/mol. The van der Waals surface area contributed by atoms with E-state index in [2.05, 4.69) is 17.0 Å². The van der Waals surface area contributed by atoms with Crippen LogP contribution in [0.15, 0.2) is 42.6 Å². The minimum Gasteiger partial charge on any atom is -0.228 e. The van der Waals surface area contributed by atoms with Gasteiger partial charge in [0.25, 0.3) is 0 Å². The zero-order chi connectivity index (χ0) is 14.5. The van der Waals surface area contributed by atoms with E-state index in [1.807, 2.05) is 56.4 Å². The third kappa shape index (κ3) is 2.68. The van der Waals surface area contributed by atoms with Crippen molar-refractivity contribution in [1.29, 1.82) is 0 Å². The van der Waals surface area contributed by atoms with Crippen LogP contribution in [0.1, 0.15) is 26.3 Å². The van der Waals surface area contributed by atoms with Gasteiger partial charge in [0.15, 0.2) is 5.65 Å². The van der Waals surface area contributed by atoms with Crippen molar-refractivity contribution in [2.75, 3.05) is 0 Å². The molecule has 0 fully saturated rings. The van der Waals surface area contributed by atoms with Crippen LogP contribution < -0.4 is 0 Å². The van der Waals surface area contributed by atoms with Crippen molar-refractivity contribution in [3.8, 4) is 11.3 Å². The molecule has 0 saturated carbocycles. The first-order valence-corrected chi connectivity index (χ1v) is 7.26. The SMILES string of the molecule is CC.CCc1cnn2c(Cl)cc(-c3ccccc3)nc12. The first kappa shape index (κ1) is 14.5. The number of fused-ring (bicyclic) bond motifs is 1. The molecule has 0 N–H and O–H groups in total. The highest BCUT2D eigenvalue weighted by Gasteiger charge is 2.10. The van der Waals surface area contributed by atoms with Gasteiger partial charge >= 0.3 is 0 Å². The van der Waals surface area contributed by atoms with E-state index >= 15 is 0 Å². The summed E-state index contributed by atoms with van der Waals surface area (Å²) < 4.78 is 1.67. The van der Waals surface area contributed by atoms with Gasteiger partial charge in [0.05, 0.1) is 11.9 Å². The molecular weight excluding hydrogens is 270 g/mol. The maximum Gasteiger partial charge on any atom is 0.160 e.